The molecule has 0 aromatic carbocycles. The lowest BCUT2D eigenvalue weighted by Gasteiger charge is -2.53. The van der Waals surface area contributed by atoms with Crippen molar-refractivity contribution in [3.05, 3.63) is 36.3 Å². The van der Waals surface area contributed by atoms with Crippen LogP contribution in [0.15, 0.2) is 29.3 Å². The second kappa shape index (κ2) is 6.11. The zero-order valence-corrected chi connectivity index (χ0v) is 13.2. The number of carbonyl (C=O) groups excluding carboxylic acids is 1. The lowest BCUT2D eigenvalue weighted by atomic mass is 9.66. The van der Waals surface area contributed by atoms with E-state index in [-0.39, 0.29) is 17.0 Å². The van der Waals surface area contributed by atoms with E-state index in [2.05, 4.69) is 16.3 Å². The van der Waals surface area contributed by atoms with Crippen molar-refractivity contribution in [2.24, 2.45) is 11.3 Å². The van der Waals surface area contributed by atoms with Crippen molar-refractivity contribution in [3.63, 3.8) is 0 Å². The molecule has 130 valence electrons. The quantitative estimate of drug-likeness (QED) is 0.784. The van der Waals surface area contributed by atoms with Crippen LogP contribution in [0, 0.1) is 11.3 Å². The standard InChI is InChI=1S/C17H19F3N2O2/c1-2-15(23)22-10-16(11-22)7-5-12(6-8-16)3-4-13-9-14(24-21-13)17(18,19)20/h2-4,9,12H,1,5-8,10-11H2/b4-3-. The maximum Gasteiger partial charge on any atom is 0.452 e. The SMILES string of the molecule is C=CC(=O)N1CC2(CCC(/C=C\c3cc(C(F)(F)F)on3)CC2)C1. The number of carbonyl (C=O) groups is 1. The van der Waals surface area contributed by atoms with Gasteiger partial charge in [0, 0.05) is 24.6 Å². The molecule has 1 aromatic heterocycles. The topological polar surface area (TPSA) is 46.3 Å². The molecule has 1 saturated heterocycles. The van der Waals surface area contributed by atoms with Crippen molar-refractivity contribution in [3.8, 4) is 0 Å². The molecule has 1 aliphatic carbocycles. The van der Waals surface area contributed by atoms with Crippen molar-refractivity contribution in [2.75, 3.05) is 13.1 Å². The van der Waals surface area contributed by atoms with Crippen LogP contribution in [0.2, 0.25) is 0 Å². The number of hydrogen-bond acceptors (Lipinski definition) is 3. The van der Waals surface area contributed by atoms with E-state index >= 15 is 0 Å². The van der Waals surface area contributed by atoms with Crippen molar-refractivity contribution < 1.29 is 22.5 Å². The summed E-state index contributed by atoms with van der Waals surface area (Å²) in [6.45, 7) is 5.06. The van der Waals surface area contributed by atoms with Gasteiger partial charge in [0.15, 0.2) is 0 Å². The summed E-state index contributed by atoms with van der Waals surface area (Å²) >= 11 is 0. The molecule has 1 spiro atoms. The second-order valence-electron chi connectivity index (χ2n) is 6.71. The van der Waals surface area contributed by atoms with E-state index in [1.807, 2.05) is 6.08 Å². The number of nitrogens with zero attached hydrogens (tertiary/aromatic N) is 2. The van der Waals surface area contributed by atoms with Crippen LogP contribution in [0.5, 0.6) is 0 Å². The molecular formula is C17H19F3N2O2. The van der Waals surface area contributed by atoms with Gasteiger partial charge in [-0.3, -0.25) is 4.79 Å². The molecule has 0 N–H and O–H groups in total. The molecule has 0 bridgehead atoms. The highest BCUT2D eigenvalue weighted by Gasteiger charge is 2.45. The van der Waals surface area contributed by atoms with E-state index < -0.39 is 11.9 Å². The number of allylic oxidation sites excluding steroid dienone is 1. The molecule has 2 heterocycles. The predicted molar refractivity (Wildman–Crippen MR) is 81.7 cm³/mol. The van der Waals surface area contributed by atoms with Crippen LogP contribution >= 0.6 is 0 Å². The summed E-state index contributed by atoms with van der Waals surface area (Å²) in [6, 6.07) is 0.908. The molecule has 3 rings (SSSR count). The average Bonchev–Trinajstić information content (AvgIpc) is 2.99. The van der Waals surface area contributed by atoms with Crippen LogP contribution in [-0.2, 0) is 11.0 Å². The normalized spacial score (nSPS) is 21.2. The molecular weight excluding hydrogens is 321 g/mol. The highest BCUT2D eigenvalue weighted by atomic mass is 19.4. The first-order chi connectivity index (χ1) is 11.3. The smallest absolute Gasteiger partial charge is 0.351 e. The molecule has 0 unspecified atom stereocenters. The average molecular weight is 340 g/mol. The van der Waals surface area contributed by atoms with E-state index in [1.54, 1.807) is 11.0 Å². The van der Waals surface area contributed by atoms with Crippen LogP contribution in [0.25, 0.3) is 6.08 Å². The van der Waals surface area contributed by atoms with Crippen LogP contribution < -0.4 is 0 Å². The Labute approximate surface area is 138 Å². The lowest BCUT2D eigenvalue weighted by molar-refractivity contribution is -0.155. The first-order valence-corrected chi connectivity index (χ1v) is 7.95. The molecule has 0 radical (unpaired) electrons. The number of likely N-dealkylation sites (tertiary alicyclic amines) is 1. The molecule has 2 aliphatic rings. The summed E-state index contributed by atoms with van der Waals surface area (Å²) in [5, 5.41) is 3.43. The van der Waals surface area contributed by atoms with Gasteiger partial charge in [-0.05, 0) is 43.8 Å². The summed E-state index contributed by atoms with van der Waals surface area (Å²) in [5.74, 6) is -0.772. The molecule has 24 heavy (non-hydrogen) atoms. The number of halogens is 3. The largest absolute Gasteiger partial charge is 0.452 e. The van der Waals surface area contributed by atoms with Gasteiger partial charge in [-0.1, -0.05) is 17.8 Å². The first kappa shape index (κ1) is 16.8. The van der Waals surface area contributed by atoms with Gasteiger partial charge in [0.1, 0.15) is 5.69 Å². The first-order valence-electron chi connectivity index (χ1n) is 7.95. The van der Waals surface area contributed by atoms with Crippen molar-refractivity contribution >= 4 is 12.0 Å². The van der Waals surface area contributed by atoms with Crippen LogP contribution in [-0.4, -0.2) is 29.1 Å². The second-order valence-corrected chi connectivity index (χ2v) is 6.71. The predicted octanol–water partition coefficient (Wildman–Crippen LogP) is 3.91. The maximum atomic E-state index is 12.4. The molecule has 4 nitrogen and oxygen atoms in total. The molecule has 1 aromatic rings. The van der Waals surface area contributed by atoms with E-state index in [1.165, 1.54) is 6.08 Å². The van der Waals surface area contributed by atoms with E-state index in [0.29, 0.717) is 5.92 Å². The van der Waals surface area contributed by atoms with Crippen molar-refractivity contribution in [1.82, 2.24) is 10.1 Å². The molecule has 1 saturated carbocycles. The zero-order valence-electron chi connectivity index (χ0n) is 13.2. The van der Waals surface area contributed by atoms with Crippen molar-refractivity contribution in [1.29, 1.82) is 0 Å². The molecule has 1 amide bonds. The Hall–Kier alpha value is -2.05. The van der Waals surface area contributed by atoms with Gasteiger partial charge < -0.3 is 9.42 Å². The Morgan fingerprint density at radius 3 is 2.58 bits per heavy atom. The molecule has 1 aliphatic heterocycles. The number of hydrogen-bond donors (Lipinski definition) is 0. The fraction of sp³-hybridized carbons (Fsp3) is 0.529. The van der Waals surface area contributed by atoms with Gasteiger partial charge in [0.25, 0.3) is 0 Å². The van der Waals surface area contributed by atoms with Crippen LogP contribution in [0.4, 0.5) is 13.2 Å². The molecule has 7 heteroatoms. The zero-order chi connectivity index (χ0) is 17.4. The summed E-state index contributed by atoms with van der Waals surface area (Å²) in [6.07, 6.45) is 4.33. The Kier molecular flexibility index (Phi) is 4.27. The molecule has 2 fully saturated rings. The van der Waals surface area contributed by atoms with Gasteiger partial charge in [-0.25, -0.2) is 0 Å². The number of rotatable bonds is 3. The minimum Gasteiger partial charge on any atom is -0.351 e. The van der Waals surface area contributed by atoms with E-state index in [0.717, 1.165) is 44.8 Å². The Morgan fingerprint density at radius 1 is 1.38 bits per heavy atom. The summed E-state index contributed by atoms with van der Waals surface area (Å²) in [7, 11) is 0. The Bertz CT molecular complexity index is 647. The lowest BCUT2D eigenvalue weighted by Crippen LogP contribution is -2.59. The number of amides is 1. The number of aromatic nitrogens is 1. The fourth-order valence-electron chi connectivity index (χ4n) is 3.55. The molecule has 0 atom stereocenters. The maximum absolute atomic E-state index is 12.4. The third-order valence-corrected chi connectivity index (χ3v) is 4.98. The van der Waals surface area contributed by atoms with Crippen LogP contribution in [0.3, 0.4) is 0 Å². The van der Waals surface area contributed by atoms with Gasteiger partial charge in [0.05, 0.1) is 0 Å². The third-order valence-electron chi connectivity index (χ3n) is 4.98. The van der Waals surface area contributed by atoms with Gasteiger partial charge in [-0.2, -0.15) is 13.2 Å². The Balaban J connectivity index is 1.50. The summed E-state index contributed by atoms with van der Waals surface area (Å²) < 4.78 is 41.6. The fourth-order valence-corrected chi connectivity index (χ4v) is 3.55. The highest BCUT2D eigenvalue weighted by Crippen LogP contribution is 2.46. The van der Waals surface area contributed by atoms with Crippen LogP contribution in [0.1, 0.15) is 37.1 Å². The van der Waals surface area contributed by atoms with Gasteiger partial charge >= 0.3 is 6.18 Å². The summed E-state index contributed by atoms with van der Waals surface area (Å²) in [4.78, 5) is 13.3. The van der Waals surface area contributed by atoms with E-state index in [4.69, 9.17) is 0 Å². The minimum absolute atomic E-state index is 0.0193. The van der Waals surface area contributed by atoms with E-state index in [9.17, 15) is 18.0 Å². The monoisotopic (exact) mass is 340 g/mol. The summed E-state index contributed by atoms with van der Waals surface area (Å²) in [5.41, 5.74) is 0.411. The third kappa shape index (κ3) is 3.39. The number of alkyl halides is 3. The Morgan fingerprint density at radius 2 is 2.04 bits per heavy atom. The van der Waals surface area contributed by atoms with Gasteiger partial charge in [0.2, 0.25) is 11.7 Å². The highest BCUT2D eigenvalue weighted by molar-refractivity contribution is 5.87. The van der Waals surface area contributed by atoms with Gasteiger partial charge in [-0.15, -0.1) is 0 Å². The van der Waals surface area contributed by atoms with Crippen molar-refractivity contribution in [2.45, 2.75) is 31.9 Å². The minimum atomic E-state index is -4.50.